The lowest BCUT2D eigenvalue weighted by Gasteiger charge is -2.14. The number of hydrogen-bond donors (Lipinski definition) is 1. The van der Waals surface area contributed by atoms with Crippen molar-refractivity contribution in [3.05, 3.63) is 59.7 Å². The van der Waals surface area contributed by atoms with E-state index >= 15 is 0 Å². The normalized spacial score (nSPS) is 12.2. The Bertz CT molecular complexity index is 802. The van der Waals surface area contributed by atoms with Crippen LogP contribution >= 0.6 is 0 Å². The molecule has 0 aliphatic heterocycles. The van der Waals surface area contributed by atoms with Crippen LogP contribution in [0, 0.1) is 11.6 Å². The van der Waals surface area contributed by atoms with Crippen LogP contribution in [0.25, 0.3) is 0 Å². The van der Waals surface area contributed by atoms with Gasteiger partial charge in [0, 0.05) is 6.07 Å². The van der Waals surface area contributed by atoms with Gasteiger partial charge in [-0.2, -0.15) is 13.2 Å². The number of halogens is 5. The number of anilines is 1. The van der Waals surface area contributed by atoms with Crippen LogP contribution < -0.4 is 4.72 Å². The van der Waals surface area contributed by atoms with Crippen molar-refractivity contribution in [2.24, 2.45) is 0 Å². The van der Waals surface area contributed by atoms with Gasteiger partial charge in [0.15, 0.2) is 0 Å². The van der Waals surface area contributed by atoms with Crippen molar-refractivity contribution in [3.8, 4) is 0 Å². The van der Waals surface area contributed by atoms with E-state index in [4.69, 9.17) is 0 Å². The average molecular weight is 337 g/mol. The van der Waals surface area contributed by atoms with Crippen LogP contribution in [0.2, 0.25) is 0 Å². The van der Waals surface area contributed by atoms with Gasteiger partial charge in [-0.15, -0.1) is 0 Å². The predicted molar refractivity (Wildman–Crippen MR) is 68.6 cm³/mol. The van der Waals surface area contributed by atoms with Crippen molar-refractivity contribution in [2.75, 3.05) is 4.72 Å². The minimum atomic E-state index is -4.90. The summed E-state index contributed by atoms with van der Waals surface area (Å²) < 4.78 is 90.4. The SMILES string of the molecule is O=S(=O)(Nc1ccc(F)cc1F)c1ccccc1C(F)(F)F. The van der Waals surface area contributed by atoms with Crippen molar-refractivity contribution >= 4 is 15.7 Å². The fraction of sp³-hybridized carbons (Fsp3) is 0.0769. The molecule has 0 aromatic heterocycles. The van der Waals surface area contributed by atoms with Gasteiger partial charge in [-0.3, -0.25) is 4.72 Å². The summed E-state index contributed by atoms with van der Waals surface area (Å²) in [6.07, 6.45) is -4.90. The van der Waals surface area contributed by atoms with Gasteiger partial charge < -0.3 is 0 Å². The summed E-state index contributed by atoms with van der Waals surface area (Å²) in [6.45, 7) is 0. The number of hydrogen-bond acceptors (Lipinski definition) is 2. The summed E-state index contributed by atoms with van der Waals surface area (Å²) in [5, 5.41) is 0. The van der Waals surface area contributed by atoms with E-state index in [1.807, 2.05) is 0 Å². The highest BCUT2D eigenvalue weighted by Crippen LogP contribution is 2.34. The molecule has 118 valence electrons. The van der Waals surface area contributed by atoms with E-state index in [0.717, 1.165) is 30.3 Å². The first-order chi connectivity index (χ1) is 10.1. The Labute approximate surface area is 122 Å². The molecule has 2 aromatic rings. The molecular formula is C13H8F5NO2S. The molecule has 0 amide bonds. The van der Waals surface area contributed by atoms with Gasteiger partial charge in [-0.25, -0.2) is 17.2 Å². The van der Waals surface area contributed by atoms with Gasteiger partial charge in [-0.1, -0.05) is 12.1 Å². The summed E-state index contributed by atoms with van der Waals surface area (Å²) in [5.41, 5.74) is -2.04. The molecule has 0 radical (unpaired) electrons. The zero-order chi connectivity index (χ0) is 16.5. The maximum absolute atomic E-state index is 13.4. The largest absolute Gasteiger partial charge is 0.417 e. The second kappa shape index (κ2) is 5.56. The van der Waals surface area contributed by atoms with Gasteiger partial charge in [0.1, 0.15) is 11.6 Å². The third-order valence-electron chi connectivity index (χ3n) is 2.66. The molecule has 0 spiro atoms. The molecule has 0 atom stereocenters. The van der Waals surface area contributed by atoms with Crippen LogP contribution in [-0.2, 0) is 16.2 Å². The van der Waals surface area contributed by atoms with Crippen LogP contribution in [-0.4, -0.2) is 8.42 Å². The molecule has 22 heavy (non-hydrogen) atoms. The van der Waals surface area contributed by atoms with Gasteiger partial charge in [0.05, 0.1) is 16.1 Å². The zero-order valence-electron chi connectivity index (χ0n) is 10.7. The standard InChI is InChI=1S/C13H8F5NO2S/c14-8-5-6-11(10(15)7-8)19-22(20,21)12-4-2-1-3-9(12)13(16,17)18/h1-7,19H. The molecule has 0 saturated carbocycles. The van der Waals surface area contributed by atoms with E-state index < -0.39 is 44.0 Å². The van der Waals surface area contributed by atoms with Crippen molar-refractivity contribution in [1.29, 1.82) is 0 Å². The van der Waals surface area contributed by atoms with Crippen LogP contribution in [0.5, 0.6) is 0 Å². The van der Waals surface area contributed by atoms with Crippen LogP contribution in [0.4, 0.5) is 27.6 Å². The number of rotatable bonds is 3. The van der Waals surface area contributed by atoms with E-state index in [-0.39, 0.29) is 0 Å². The minimum absolute atomic E-state index is 0.410. The van der Waals surface area contributed by atoms with E-state index in [9.17, 15) is 30.4 Å². The van der Waals surface area contributed by atoms with Crippen molar-refractivity contribution in [1.82, 2.24) is 0 Å². The molecule has 0 heterocycles. The molecule has 2 aromatic carbocycles. The number of nitrogens with one attached hydrogen (secondary N) is 1. The molecule has 0 saturated heterocycles. The molecular weight excluding hydrogens is 329 g/mol. The number of alkyl halides is 3. The quantitative estimate of drug-likeness (QED) is 0.867. The summed E-state index contributed by atoms with van der Waals surface area (Å²) >= 11 is 0. The molecule has 0 unspecified atom stereocenters. The monoisotopic (exact) mass is 337 g/mol. The van der Waals surface area contributed by atoms with E-state index in [2.05, 4.69) is 0 Å². The lowest BCUT2D eigenvalue weighted by molar-refractivity contribution is -0.139. The summed E-state index contributed by atoms with van der Waals surface area (Å²) in [6, 6.07) is 5.43. The topological polar surface area (TPSA) is 46.2 Å². The van der Waals surface area contributed by atoms with E-state index in [1.165, 1.54) is 0 Å². The zero-order valence-corrected chi connectivity index (χ0v) is 11.5. The van der Waals surface area contributed by atoms with E-state index in [1.54, 1.807) is 4.72 Å². The van der Waals surface area contributed by atoms with Crippen LogP contribution in [0.15, 0.2) is 47.4 Å². The molecule has 0 aliphatic carbocycles. The maximum atomic E-state index is 13.4. The second-order valence-electron chi connectivity index (χ2n) is 4.22. The number of benzene rings is 2. The lowest BCUT2D eigenvalue weighted by atomic mass is 10.2. The molecule has 1 N–H and O–H groups in total. The Morgan fingerprint density at radius 1 is 0.955 bits per heavy atom. The molecule has 9 heteroatoms. The second-order valence-corrected chi connectivity index (χ2v) is 5.87. The Hall–Kier alpha value is -2.16. The fourth-order valence-corrected chi connectivity index (χ4v) is 3.00. The van der Waals surface area contributed by atoms with Gasteiger partial charge in [0.2, 0.25) is 0 Å². The first kappa shape index (κ1) is 16.2. The van der Waals surface area contributed by atoms with E-state index in [0.29, 0.717) is 12.1 Å². The number of sulfonamides is 1. The summed E-state index contributed by atoms with van der Waals surface area (Å²) in [5.74, 6) is -2.19. The lowest BCUT2D eigenvalue weighted by Crippen LogP contribution is -2.19. The minimum Gasteiger partial charge on any atom is -0.277 e. The highest BCUT2D eigenvalue weighted by Gasteiger charge is 2.37. The Morgan fingerprint density at radius 3 is 2.18 bits per heavy atom. The Kier molecular flexibility index (Phi) is 4.10. The molecule has 2 rings (SSSR count). The first-order valence-corrected chi connectivity index (χ1v) is 7.24. The van der Waals surface area contributed by atoms with Crippen molar-refractivity contribution in [3.63, 3.8) is 0 Å². The highest BCUT2D eigenvalue weighted by atomic mass is 32.2. The van der Waals surface area contributed by atoms with Crippen molar-refractivity contribution in [2.45, 2.75) is 11.1 Å². The Balaban J connectivity index is 2.48. The predicted octanol–water partition coefficient (Wildman–Crippen LogP) is 3.78. The summed E-state index contributed by atoms with van der Waals surface area (Å²) in [4.78, 5) is -1.05. The van der Waals surface area contributed by atoms with Crippen LogP contribution in [0.3, 0.4) is 0 Å². The average Bonchev–Trinajstić information content (AvgIpc) is 2.41. The van der Waals surface area contributed by atoms with Crippen molar-refractivity contribution < 1.29 is 30.4 Å². The van der Waals surface area contributed by atoms with Gasteiger partial charge in [0.25, 0.3) is 10.0 Å². The third kappa shape index (κ3) is 3.35. The van der Waals surface area contributed by atoms with Gasteiger partial charge in [-0.05, 0) is 24.3 Å². The maximum Gasteiger partial charge on any atom is 0.417 e. The molecule has 0 aliphatic rings. The third-order valence-corrected chi connectivity index (χ3v) is 4.08. The highest BCUT2D eigenvalue weighted by molar-refractivity contribution is 7.92. The van der Waals surface area contributed by atoms with Gasteiger partial charge >= 0.3 is 6.18 Å². The molecule has 0 fully saturated rings. The van der Waals surface area contributed by atoms with Crippen LogP contribution in [0.1, 0.15) is 5.56 Å². The fourth-order valence-electron chi connectivity index (χ4n) is 1.71. The molecule has 0 bridgehead atoms. The first-order valence-electron chi connectivity index (χ1n) is 5.75. The molecule has 3 nitrogen and oxygen atoms in total. The Morgan fingerprint density at radius 2 is 1.59 bits per heavy atom. The smallest absolute Gasteiger partial charge is 0.277 e. The summed E-state index contributed by atoms with van der Waals surface area (Å²) in [7, 11) is -4.69.